The number of carbonyl (C=O) groups excluding carboxylic acids is 1. The standard InChI is InChI=1S/C10H10O2/c1-7-3-2-4-8(5-7)10-9(6-11)12-10/h2-6,9-10H,1H3. The molecule has 12 heavy (non-hydrogen) atoms. The minimum atomic E-state index is -0.202. The maximum atomic E-state index is 10.3. The first-order valence-electron chi connectivity index (χ1n) is 3.98. The van der Waals surface area contributed by atoms with Crippen molar-refractivity contribution in [1.29, 1.82) is 0 Å². The highest BCUT2D eigenvalue weighted by Gasteiger charge is 2.39. The molecule has 1 aliphatic heterocycles. The molecule has 2 rings (SSSR count). The third kappa shape index (κ3) is 1.25. The summed E-state index contributed by atoms with van der Waals surface area (Å²) >= 11 is 0. The lowest BCUT2D eigenvalue weighted by atomic mass is 10.1. The number of ether oxygens (including phenoxy) is 1. The molecule has 2 heteroatoms. The molecular formula is C10H10O2. The van der Waals surface area contributed by atoms with Gasteiger partial charge in [0.1, 0.15) is 12.2 Å². The average Bonchev–Trinajstić information content (AvgIpc) is 2.83. The van der Waals surface area contributed by atoms with Gasteiger partial charge in [-0.1, -0.05) is 29.8 Å². The summed E-state index contributed by atoms with van der Waals surface area (Å²) in [7, 11) is 0. The first kappa shape index (κ1) is 7.50. The van der Waals surface area contributed by atoms with Crippen LogP contribution in [0.2, 0.25) is 0 Å². The highest BCUT2D eigenvalue weighted by Crippen LogP contribution is 2.37. The van der Waals surface area contributed by atoms with Crippen LogP contribution in [0.1, 0.15) is 17.2 Å². The summed E-state index contributed by atoms with van der Waals surface area (Å²) in [6.07, 6.45) is 0.668. The Bertz CT molecular complexity index is 306. The van der Waals surface area contributed by atoms with Crippen molar-refractivity contribution < 1.29 is 9.53 Å². The van der Waals surface area contributed by atoms with E-state index in [0.29, 0.717) is 0 Å². The predicted octanol–water partition coefficient (Wildman–Crippen LogP) is 1.63. The molecule has 0 spiro atoms. The summed E-state index contributed by atoms with van der Waals surface area (Å²) in [6, 6.07) is 8.05. The van der Waals surface area contributed by atoms with Crippen molar-refractivity contribution in [1.82, 2.24) is 0 Å². The van der Waals surface area contributed by atoms with Gasteiger partial charge in [-0.3, -0.25) is 0 Å². The molecule has 0 amide bonds. The Labute approximate surface area is 71.2 Å². The van der Waals surface area contributed by atoms with E-state index in [1.165, 1.54) is 5.56 Å². The quantitative estimate of drug-likeness (QED) is 0.488. The summed E-state index contributed by atoms with van der Waals surface area (Å²) in [5.74, 6) is 0. The minimum absolute atomic E-state index is 0.0161. The second-order valence-corrected chi connectivity index (χ2v) is 3.07. The fraction of sp³-hybridized carbons (Fsp3) is 0.300. The predicted molar refractivity (Wildman–Crippen MR) is 44.9 cm³/mol. The summed E-state index contributed by atoms with van der Waals surface area (Å²) < 4.78 is 5.14. The van der Waals surface area contributed by atoms with Crippen LogP contribution >= 0.6 is 0 Å². The lowest BCUT2D eigenvalue weighted by Crippen LogP contribution is -1.89. The smallest absolute Gasteiger partial charge is 0.151 e. The van der Waals surface area contributed by atoms with Gasteiger partial charge in [0.2, 0.25) is 0 Å². The summed E-state index contributed by atoms with van der Waals surface area (Å²) in [6.45, 7) is 2.03. The third-order valence-electron chi connectivity index (χ3n) is 2.03. The Balaban J connectivity index is 2.19. The van der Waals surface area contributed by atoms with Crippen molar-refractivity contribution in [3.05, 3.63) is 35.4 Å². The number of hydrogen-bond acceptors (Lipinski definition) is 2. The highest BCUT2D eigenvalue weighted by atomic mass is 16.6. The van der Waals surface area contributed by atoms with Crippen molar-refractivity contribution in [3.63, 3.8) is 0 Å². The van der Waals surface area contributed by atoms with Gasteiger partial charge in [0, 0.05) is 0 Å². The van der Waals surface area contributed by atoms with E-state index in [4.69, 9.17) is 4.74 Å². The molecule has 2 unspecified atom stereocenters. The zero-order valence-electron chi connectivity index (χ0n) is 6.86. The fourth-order valence-electron chi connectivity index (χ4n) is 1.34. The molecule has 2 atom stereocenters. The summed E-state index contributed by atoms with van der Waals surface area (Å²) in [5.41, 5.74) is 2.31. The van der Waals surface area contributed by atoms with E-state index in [9.17, 15) is 4.79 Å². The molecule has 0 bridgehead atoms. The molecule has 62 valence electrons. The molecule has 2 nitrogen and oxygen atoms in total. The van der Waals surface area contributed by atoms with Crippen LogP contribution in [0.3, 0.4) is 0 Å². The maximum absolute atomic E-state index is 10.3. The number of epoxide rings is 1. The van der Waals surface area contributed by atoms with Crippen LogP contribution in [0.4, 0.5) is 0 Å². The van der Waals surface area contributed by atoms with E-state index in [1.54, 1.807) is 0 Å². The van der Waals surface area contributed by atoms with Crippen LogP contribution in [0.15, 0.2) is 24.3 Å². The van der Waals surface area contributed by atoms with E-state index in [2.05, 4.69) is 0 Å². The topological polar surface area (TPSA) is 29.6 Å². The average molecular weight is 162 g/mol. The van der Waals surface area contributed by atoms with Crippen molar-refractivity contribution >= 4 is 6.29 Å². The lowest BCUT2D eigenvalue weighted by Gasteiger charge is -1.95. The number of hydrogen-bond donors (Lipinski definition) is 0. The molecule has 0 aliphatic carbocycles. The van der Waals surface area contributed by atoms with Gasteiger partial charge in [0.15, 0.2) is 6.29 Å². The van der Waals surface area contributed by atoms with Crippen LogP contribution in [0.25, 0.3) is 0 Å². The van der Waals surface area contributed by atoms with E-state index < -0.39 is 0 Å². The molecule has 0 N–H and O–H groups in total. The van der Waals surface area contributed by atoms with Gasteiger partial charge in [-0.05, 0) is 12.5 Å². The summed E-state index contributed by atoms with van der Waals surface area (Å²) in [4.78, 5) is 10.3. The Hall–Kier alpha value is -1.15. The molecule has 1 saturated heterocycles. The molecule has 0 saturated carbocycles. The van der Waals surface area contributed by atoms with E-state index >= 15 is 0 Å². The van der Waals surface area contributed by atoms with Gasteiger partial charge in [-0.15, -0.1) is 0 Å². The van der Waals surface area contributed by atoms with Crippen molar-refractivity contribution in [3.8, 4) is 0 Å². The molecule has 0 aromatic heterocycles. The first-order valence-corrected chi connectivity index (χ1v) is 3.98. The molecular weight excluding hydrogens is 152 g/mol. The Morgan fingerprint density at radius 2 is 2.33 bits per heavy atom. The summed E-state index contributed by atoms with van der Waals surface area (Å²) in [5, 5.41) is 0. The highest BCUT2D eigenvalue weighted by molar-refractivity contribution is 5.61. The van der Waals surface area contributed by atoms with E-state index in [-0.39, 0.29) is 12.2 Å². The number of aldehydes is 1. The van der Waals surface area contributed by atoms with Crippen molar-refractivity contribution in [2.45, 2.75) is 19.1 Å². The first-order chi connectivity index (χ1) is 5.81. The normalized spacial score (nSPS) is 26.8. The molecule has 1 aromatic carbocycles. The number of rotatable bonds is 2. The zero-order valence-corrected chi connectivity index (χ0v) is 6.86. The Morgan fingerprint density at radius 3 is 2.92 bits per heavy atom. The monoisotopic (exact) mass is 162 g/mol. The maximum Gasteiger partial charge on any atom is 0.151 e. The van der Waals surface area contributed by atoms with Gasteiger partial charge in [0.05, 0.1) is 0 Å². The van der Waals surface area contributed by atoms with Gasteiger partial charge >= 0.3 is 0 Å². The van der Waals surface area contributed by atoms with Crippen LogP contribution in [-0.2, 0) is 9.53 Å². The minimum Gasteiger partial charge on any atom is -0.357 e. The molecule has 1 aliphatic rings. The number of benzene rings is 1. The lowest BCUT2D eigenvalue weighted by molar-refractivity contribution is -0.108. The molecule has 1 aromatic rings. The van der Waals surface area contributed by atoms with Crippen molar-refractivity contribution in [2.75, 3.05) is 0 Å². The van der Waals surface area contributed by atoms with E-state index in [1.807, 2.05) is 31.2 Å². The van der Waals surface area contributed by atoms with Crippen LogP contribution in [0.5, 0.6) is 0 Å². The van der Waals surface area contributed by atoms with Gasteiger partial charge < -0.3 is 9.53 Å². The third-order valence-corrected chi connectivity index (χ3v) is 2.03. The molecule has 1 fully saturated rings. The molecule has 0 radical (unpaired) electrons. The second-order valence-electron chi connectivity index (χ2n) is 3.07. The Morgan fingerprint density at radius 1 is 1.50 bits per heavy atom. The second kappa shape index (κ2) is 2.72. The fourth-order valence-corrected chi connectivity index (χ4v) is 1.34. The van der Waals surface area contributed by atoms with Gasteiger partial charge in [-0.25, -0.2) is 0 Å². The van der Waals surface area contributed by atoms with Crippen LogP contribution in [-0.4, -0.2) is 12.4 Å². The van der Waals surface area contributed by atoms with Crippen molar-refractivity contribution in [2.24, 2.45) is 0 Å². The van der Waals surface area contributed by atoms with Gasteiger partial charge in [0.25, 0.3) is 0 Å². The number of carbonyl (C=O) groups is 1. The van der Waals surface area contributed by atoms with E-state index in [0.717, 1.165) is 11.8 Å². The van der Waals surface area contributed by atoms with Gasteiger partial charge in [-0.2, -0.15) is 0 Å². The largest absolute Gasteiger partial charge is 0.357 e. The van der Waals surface area contributed by atoms with Crippen LogP contribution in [0, 0.1) is 6.92 Å². The SMILES string of the molecule is Cc1cccc(C2OC2C=O)c1. The number of aryl methyl sites for hydroxylation is 1. The zero-order chi connectivity index (χ0) is 8.55. The Kier molecular flexibility index (Phi) is 1.70. The molecule has 1 heterocycles. The van der Waals surface area contributed by atoms with Crippen LogP contribution < -0.4 is 0 Å².